The van der Waals surface area contributed by atoms with Crippen LogP contribution in [0.3, 0.4) is 0 Å². The Balaban J connectivity index is 1.24. The second-order valence-electron chi connectivity index (χ2n) is 12.6. The number of hydrogen-bond acceptors (Lipinski definition) is 10. The van der Waals surface area contributed by atoms with Crippen LogP contribution < -0.4 is 14.9 Å². The molecular weight excluding hydrogens is 754 g/mol. The lowest BCUT2D eigenvalue weighted by Gasteiger charge is -2.42. The smallest absolute Gasteiger partial charge is 0.293 e. The second kappa shape index (κ2) is 17.0. The average molecular weight is 797 g/mol. The Hall–Kier alpha value is -3.95. The third-order valence-corrected chi connectivity index (χ3v) is 12.2. The first-order chi connectivity index (χ1) is 24.4. The number of nitro groups is 1. The van der Waals surface area contributed by atoms with Crippen LogP contribution in [0.1, 0.15) is 35.2 Å². The van der Waals surface area contributed by atoms with E-state index in [4.69, 9.17) is 4.74 Å². The molecule has 4 aromatic rings. The van der Waals surface area contributed by atoms with E-state index in [-0.39, 0.29) is 22.2 Å². The van der Waals surface area contributed by atoms with Crippen LogP contribution in [0, 0.1) is 10.1 Å². The van der Waals surface area contributed by atoms with Gasteiger partial charge in [0.15, 0.2) is 0 Å². The number of carbonyl (C=O) groups excluding carboxylic acids is 1. The van der Waals surface area contributed by atoms with Gasteiger partial charge in [0.05, 0.1) is 15.4 Å². The maximum Gasteiger partial charge on any atom is 0.293 e. The molecule has 1 unspecified atom stereocenters. The maximum absolute atomic E-state index is 13.3. The van der Waals surface area contributed by atoms with Crippen molar-refractivity contribution in [3.63, 3.8) is 0 Å². The van der Waals surface area contributed by atoms with Gasteiger partial charge < -0.3 is 19.9 Å². The molecule has 11 nitrogen and oxygen atoms in total. The van der Waals surface area contributed by atoms with Crippen molar-refractivity contribution in [3.8, 4) is 0 Å². The highest BCUT2D eigenvalue weighted by Gasteiger charge is 2.37. The van der Waals surface area contributed by atoms with Gasteiger partial charge in [0.25, 0.3) is 21.6 Å². The summed E-state index contributed by atoms with van der Waals surface area (Å²) in [5.41, 5.74) is 1.55. The van der Waals surface area contributed by atoms with Gasteiger partial charge in [-0.05, 0) is 100 Å². The first-order valence-electron chi connectivity index (χ1n) is 16.5. The Labute approximate surface area is 312 Å². The summed E-state index contributed by atoms with van der Waals surface area (Å²) in [4.78, 5) is 29.5. The molecule has 270 valence electrons. The third kappa shape index (κ3) is 9.69. The third-order valence-electron chi connectivity index (χ3n) is 9.00. The van der Waals surface area contributed by atoms with Crippen molar-refractivity contribution in [2.75, 3.05) is 56.8 Å². The summed E-state index contributed by atoms with van der Waals surface area (Å²) in [5, 5.41) is 15.4. The van der Waals surface area contributed by atoms with Crippen LogP contribution in [-0.4, -0.2) is 76.8 Å². The Morgan fingerprint density at radius 2 is 1.69 bits per heavy atom. The number of nitro benzene ring substituents is 1. The van der Waals surface area contributed by atoms with Crippen molar-refractivity contribution in [1.82, 2.24) is 9.62 Å². The van der Waals surface area contributed by atoms with E-state index in [9.17, 15) is 23.3 Å². The number of rotatable bonds is 15. The lowest BCUT2D eigenvalue weighted by Crippen LogP contribution is -2.44. The second-order valence-corrected chi connectivity index (χ2v) is 16.3. The summed E-state index contributed by atoms with van der Waals surface area (Å²) < 4.78 is 35.7. The fourth-order valence-electron chi connectivity index (χ4n) is 6.10. The monoisotopic (exact) mass is 795 g/mol. The highest BCUT2D eigenvalue weighted by Crippen LogP contribution is 2.40. The molecule has 14 heteroatoms. The Morgan fingerprint density at radius 3 is 2.31 bits per heavy atom. The summed E-state index contributed by atoms with van der Waals surface area (Å²) in [7, 11) is 1.22. The van der Waals surface area contributed by atoms with Crippen LogP contribution in [0.5, 0.6) is 0 Å². The summed E-state index contributed by atoms with van der Waals surface area (Å²) in [6, 6.07) is 28.1. The molecule has 2 N–H and O–H groups in total. The number of carbonyl (C=O) groups is 1. The molecule has 0 bridgehead atoms. The van der Waals surface area contributed by atoms with Gasteiger partial charge in [0.2, 0.25) is 0 Å². The van der Waals surface area contributed by atoms with Gasteiger partial charge in [0.1, 0.15) is 5.69 Å². The van der Waals surface area contributed by atoms with Gasteiger partial charge >= 0.3 is 0 Å². The SMILES string of the molecule is COC1(c2ccccc2Br)CCN(c2ccc(C(=O)NS(=O)(=O)c3ccc(NC(CCN(C)C)CSc4ccccc4)c([N+](=O)[O-])c3)cc2)CC1. The number of ether oxygens (including phenoxy) is 1. The summed E-state index contributed by atoms with van der Waals surface area (Å²) in [5.74, 6) is -0.194. The van der Waals surface area contributed by atoms with E-state index in [1.165, 1.54) is 12.1 Å². The number of thioether (sulfide) groups is 1. The van der Waals surface area contributed by atoms with Gasteiger partial charge in [-0.25, -0.2) is 13.1 Å². The summed E-state index contributed by atoms with van der Waals surface area (Å²) in [6.07, 6.45) is 2.23. The zero-order valence-corrected chi connectivity index (χ0v) is 32.0. The number of hydrogen-bond donors (Lipinski definition) is 2. The number of halogens is 1. The van der Waals surface area contributed by atoms with E-state index >= 15 is 0 Å². The minimum atomic E-state index is -4.42. The number of benzene rings is 4. The van der Waals surface area contributed by atoms with Gasteiger partial charge in [0, 0.05) is 58.7 Å². The number of anilines is 2. The predicted molar refractivity (Wildman–Crippen MR) is 206 cm³/mol. The minimum Gasteiger partial charge on any atom is -0.376 e. The van der Waals surface area contributed by atoms with E-state index in [0.29, 0.717) is 12.2 Å². The van der Waals surface area contributed by atoms with Crippen molar-refractivity contribution in [2.45, 2.75) is 40.7 Å². The molecule has 1 atom stereocenters. The van der Waals surface area contributed by atoms with E-state index in [2.05, 4.69) is 36.9 Å². The fraction of sp³-hybridized carbons (Fsp3) is 0.324. The van der Waals surface area contributed by atoms with E-state index in [1.807, 2.05) is 67.5 Å². The molecule has 1 aliphatic rings. The van der Waals surface area contributed by atoms with E-state index < -0.39 is 32.1 Å². The molecule has 1 amide bonds. The van der Waals surface area contributed by atoms with E-state index in [1.54, 1.807) is 43.1 Å². The molecule has 1 heterocycles. The Morgan fingerprint density at radius 1 is 1.02 bits per heavy atom. The maximum atomic E-state index is 13.3. The normalized spacial score (nSPS) is 15.0. The first kappa shape index (κ1) is 38.3. The zero-order valence-electron chi connectivity index (χ0n) is 28.8. The summed E-state index contributed by atoms with van der Waals surface area (Å²) >= 11 is 5.29. The first-order valence-corrected chi connectivity index (χ1v) is 19.8. The number of nitrogens with zero attached hydrogens (tertiary/aromatic N) is 3. The molecule has 0 spiro atoms. The molecule has 1 fully saturated rings. The molecule has 0 saturated carbocycles. The van der Waals surface area contributed by atoms with Gasteiger partial charge in [-0.3, -0.25) is 14.9 Å². The molecule has 4 aromatic carbocycles. The minimum absolute atomic E-state index is 0.139. The molecule has 0 radical (unpaired) electrons. The number of piperidine rings is 1. The topological polar surface area (TPSA) is 134 Å². The van der Waals surface area contributed by atoms with Crippen LogP contribution >= 0.6 is 27.7 Å². The van der Waals surface area contributed by atoms with E-state index in [0.717, 1.165) is 59.2 Å². The number of methoxy groups -OCH3 is 1. The molecule has 1 aliphatic heterocycles. The molecular formula is C37H42BrN5O6S2. The quantitative estimate of drug-likeness (QED) is 0.0727. The Bertz CT molecular complexity index is 1920. The largest absolute Gasteiger partial charge is 0.376 e. The van der Waals surface area contributed by atoms with Gasteiger partial charge in [-0.1, -0.05) is 52.3 Å². The van der Waals surface area contributed by atoms with Gasteiger partial charge in [-0.15, -0.1) is 11.8 Å². The predicted octanol–water partition coefficient (Wildman–Crippen LogP) is 7.14. The number of sulfonamides is 1. The number of nitrogens with one attached hydrogen (secondary N) is 2. The number of amides is 1. The summed E-state index contributed by atoms with van der Waals surface area (Å²) in [6.45, 7) is 2.20. The Kier molecular flexibility index (Phi) is 12.8. The van der Waals surface area contributed by atoms with Crippen LogP contribution in [0.25, 0.3) is 0 Å². The van der Waals surface area contributed by atoms with Crippen molar-refractivity contribution in [2.24, 2.45) is 0 Å². The van der Waals surface area contributed by atoms with Crippen LogP contribution in [0.15, 0.2) is 111 Å². The van der Waals surface area contributed by atoms with Crippen molar-refractivity contribution < 1.29 is 22.9 Å². The van der Waals surface area contributed by atoms with Gasteiger partial charge in [-0.2, -0.15) is 0 Å². The lowest BCUT2D eigenvalue weighted by atomic mass is 9.84. The lowest BCUT2D eigenvalue weighted by molar-refractivity contribution is -0.384. The molecule has 0 aromatic heterocycles. The molecule has 0 aliphatic carbocycles. The van der Waals surface area contributed by atoms with Crippen LogP contribution in [0.4, 0.5) is 17.1 Å². The highest BCUT2D eigenvalue weighted by atomic mass is 79.9. The fourth-order valence-corrected chi connectivity index (χ4v) is 8.73. The average Bonchev–Trinajstić information content (AvgIpc) is 3.13. The standard InChI is InChI=1S/C37H42BrN5O6S2/c1-41(2)22-19-28(26-50-30-9-5-4-6-10-30)39-34-18-17-31(25-35(34)43(45)46)51(47,48)40-36(44)27-13-15-29(16-14-27)42-23-20-37(49-3,21-24-42)32-11-7-8-12-33(32)38/h4-18,25,28,39H,19-24,26H2,1-3H3,(H,40,44). The van der Waals surface area contributed by atoms with Crippen LogP contribution in [-0.2, 0) is 20.4 Å². The highest BCUT2D eigenvalue weighted by molar-refractivity contribution is 9.10. The molecule has 5 rings (SSSR count). The van der Waals surface area contributed by atoms with Crippen LogP contribution in [0.2, 0.25) is 0 Å². The van der Waals surface area contributed by atoms with Crippen molar-refractivity contribution in [1.29, 1.82) is 0 Å². The zero-order chi connectivity index (χ0) is 36.6. The van der Waals surface area contributed by atoms with Crippen molar-refractivity contribution >= 4 is 60.7 Å². The molecule has 51 heavy (non-hydrogen) atoms. The van der Waals surface area contributed by atoms with Crippen molar-refractivity contribution in [3.05, 3.63) is 123 Å². The molecule has 1 saturated heterocycles.